The molecule has 1 aromatic carbocycles. The maximum absolute atomic E-state index is 12.9. The van der Waals surface area contributed by atoms with E-state index in [0.717, 1.165) is 5.56 Å². The number of nitrogens with one attached hydrogen (secondary N) is 1. The van der Waals surface area contributed by atoms with Crippen molar-refractivity contribution in [1.82, 2.24) is 5.32 Å². The molecule has 0 saturated carbocycles. The van der Waals surface area contributed by atoms with Crippen molar-refractivity contribution in [3.8, 4) is 0 Å². The first-order chi connectivity index (χ1) is 10.3. The van der Waals surface area contributed by atoms with E-state index in [2.05, 4.69) is 5.32 Å². The third-order valence-electron chi connectivity index (χ3n) is 4.53. The van der Waals surface area contributed by atoms with Crippen LogP contribution in [0.4, 0.5) is 4.39 Å². The molecule has 0 bridgehead atoms. The van der Waals surface area contributed by atoms with Gasteiger partial charge in [-0.3, -0.25) is 0 Å². The molecular weight excluding hydrogens is 305 g/mol. The summed E-state index contributed by atoms with van der Waals surface area (Å²) in [6.45, 7) is 4.10. The topological polar surface area (TPSA) is 55.4 Å². The van der Waals surface area contributed by atoms with Crippen LogP contribution in [0.15, 0.2) is 24.3 Å². The highest BCUT2D eigenvalue weighted by molar-refractivity contribution is 7.92. The van der Waals surface area contributed by atoms with Crippen molar-refractivity contribution < 1.29 is 17.5 Å². The molecule has 22 heavy (non-hydrogen) atoms. The lowest BCUT2D eigenvalue weighted by Crippen LogP contribution is -2.51. The molecule has 0 aromatic heterocycles. The van der Waals surface area contributed by atoms with Gasteiger partial charge in [0, 0.05) is 32.6 Å². The molecular formula is C16H24FNO3S. The molecule has 1 saturated heterocycles. The van der Waals surface area contributed by atoms with Crippen molar-refractivity contribution >= 4 is 9.84 Å². The highest BCUT2D eigenvalue weighted by atomic mass is 32.2. The van der Waals surface area contributed by atoms with Gasteiger partial charge in [-0.05, 0) is 36.5 Å². The Bertz CT molecular complexity index is 580. The van der Waals surface area contributed by atoms with Crippen LogP contribution in [0.1, 0.15) is 31.2 Å². The summed E-state index contributed by atoms with van der Waals surface area (Å²) in [5, 5.41) is 3.29. The van der Waals surface area contributed by atoms with Gasteiger partial charge in [0.2, 0.25) is 0 Å². The van der Waals surface area contributed by atoms with Crippen molar-refractivity contribution in [1.29, 1.82) is 0 Å². The lowest BCUT2D eigenvalue weighted by Gasteiger charge is -2.35. The number of rotatable bonds is 6. The maximum Gasteiger partial charge on any atom is 0.154 e. The summed E-state index contributed by atoms with van der Waals surface area (Å²) < 4.78 is 41.8. The Labute approximate surface area is 132 Å². The van der Waals surface area contributed by atoms with Gasteiger partial charge in [0.05, 0.1) is 4.75 Å². The predicted octanol–water partition coefficient (Wildman–Crippen LogP) is 2.11. The minimum atomic E-state index is -3.15. The normalized spacial score (nSPS) is 19.8. The summed E-state index contributed by atoms with van der Waals surface area (Å²) in [4.78, 5) is 0. The number of sulfone groups is 1. The summed E-state index contributed by atoms with van der Waals surface area (Å²) in [6, 6.07) is 6.43. The molecule has 1 atom stereocenters. The lowest BCUT2D eigenvalue weighted by atomic mass is 9.97. The summed E-state index contributed by atoms with van der Waals surface area (Å²) in [7, 11) is -3.15. The summed E-state index contributed by atoms with van der Waals surface area (Å²) in [5.41, 5.74) is 1.04. The van der Waals surface area contributed by atoms with Crippen LogP contribution < -0.4 is 5.32 Å². The molecule has 0 amide bonds. The molecule has 0 spiro atoms. The number of halogens is 1. The third-order valence-corrected chi connectivity index (χ3v) is 6.65. The van der Waals surface area contributed by atoms with Gasteiger partial charge in [-0.1, -0.05) is 19.1 Å². The fraction of sp³-hybridized carbons (Fsp3) is 0.625. The zero-order valence-corrected chi connectivity index (χ0v) is 14.0. The smallest absolute Gasteiger partial charge is 0.154 e. The average Bonchev–Trinajstić information content (AvgIpc) is 2.47. The van der Waals surface area contributed by atoms with Crippen LogP contribution in [0.2, 0.25) is 0 Å². The Balaban J connectivity index is 1.94. The summed E-state index contributed by atoms with van der Waals surface area (Å²) in [5.74, 6) is -0.0563. The van der Waals surface area contributed by atoms with E-state index < -0.39 is 14.6 Å². The highest BCUT2D eigenvalue weighted by Gasteiger charge is 2.41. The van der Waals surface area contributed by atoms with E-state index in [1.807, 2.05) is 6.92 Å². The van der Waals surface area contributed by atoms with Crippen LogP contribution in [0.3, 0.4) is 0 Å². The predicted molar refractivity (Wildman–Crippen MR) is 85.3 cm³/mol. The van der Waals surface area contributed by atoms with Gasteiger partial charge in [-0.25, -0.2) is 12.8 Å². The fourth-order valence-corrected chi connectivity index (χ4v) is 4.12. The van der Waals surface area contributed by atoms with E-state index in [9.17, 15) is 12.8 Å². The van der Waals surface area contributed by atoms with Gasteiger partial charge >= 0.3 is 0 Å². The SMILES string of the molecule is C[C@H](CNCC1(S(C)(=O)=O)CCOCC1)c1ccc(F)cc1. The molecule has 1 aromatic rings. The van der Waals surface area contributed by atoms with E-state index in [0.29, 0.717) is 39.1 Å². The van der Waals surface area contributed by atoms with E-state index in [-0.39, 0.29) is 11.7 Å². The minimum Gasteiger partial charge on any atom is -0.381 e. The highest BCUT2D eigenvalue weighted by Crippen LogP contribution is 2.28. The first-order valence-electron chi connectivity index (χ1n) is 7.58. The number of benzene rings is 1. The molecule has 1 aliphatic heterocycles. The van der Waals surface area contributed by atoms with Crippen LogP contribution in [0.5, 0.6) is 0 Å². The Morgan fingerprint density at radius 1 is 1.27 bits per heavy atom. The maximum atomic E-state index is 12.9. The van der Waals surface area contributed by atoms with Gasteiger partial charge in [0.1, 0.15) is 5.82 Å². The van der Waals surface area contributed by atoms with Gasteiger partial charge in [-0.2, -0.15) is 0 Å². The van der Waals surface area contributed by atoms with Crippen LogP contribution in [0.25, 0.3) is 0 Å². The fourth-order valence-electron chi connectivity index (χ4n) is 2.85. The minimum absolute atomic E-state index is 0.192. The molecule has 0 radical (unpaired) electrons. The number of hydrogen-bond donors (Lipinski definition) is 1. The quantitative estimate of drug-likeness (QED) is 0.868. The molecule has 0 aliphatic carbocycles. The van der Waals surface area contributed by atoms with E-state index in [1.165, 1.54) is 18.4 Å². The first kappa shape index (κ1) is 17.4. The van der Waals surface area contributed by atoms with Crippen molar-refractivity contribution in [3.63, 3.8) is 0 Å². The standard InChI is InChI=1S/C16H24FNO3S/c1-13(14-3-5-15(17)6-4-14)11-18-12-16(22(2,19)20)7-9-21-10-8-16/h3-6,13,18H,7-12H2,1-2H3/t13-/m1/s1. The van der Waals surface area contributed by atoms with Gasteiger partial charge in [-0.15, -0.1) is 0 Å². The average molecular weight is 329 g/mol. The van der Waals surface area contributed by atoms with Crippen molar-refractivity contribution in [3.05, 3.63) is 35.6 Å². The molecule has 1 heterocycles. The second-order valence-electron chi connectivity index (χ2n) is 6.15. The van der Waals surface area contributed by atoms with Gasteiger partial charge < -0.3 is 10.1 Å². The van der Waals surface area contributed by atoms with Crippen molar-refractivity contribution in [2.24, 2.45) is 0 Å². The monoisotopic (exact) mass is 329 g/mol. The Morgan fingerprint density at radius 2 is 1.86 bits per heavy atom. The second kappa shape index (κ2) is 7.06. The van der Waals surface area contributed by atoms with Crippen molar-refractivity contribution in [2.45, 2.75) is 30.4 Å². The number of hydrogen-bond acceptors (Lipinski definition) is 4. The Morgan fingerprint density at radius 3 is 2.41 bits per heavy atom. The third kappa shape index (κ3) is 4.06. The van der Waals surface area contributed by atoms with E-state index >= 15 is 0 Å². The zero-order valence-electron chi connectivity index (χ0n) is 13.1. The van der Waals surface area contributed by atoms with Crippen molar-refractivity contribution in [2.75, 3.05) is 32.6 Å². The number of ether oxygens (including phenoxy) is 1. The van der Waals surface area contributed by atoms with Crippen LogP contribution in [0, 0.1) is 5.82 Å². The summed E-state index contributed by atoms with van der Waals surface area (Å²) >= 11 is 0. The van der Waals surface area contributed by atoms with Crippen LogP contribution in [-0.4, -0.2) is 45.7 Å². The first-order valence-corrected chi connectivity index (χ1v) is 9.47. The van der Waals surface area contributed by atoms with Gasteiger partial charge in [0.25, 0.3) is 0 Å². The van der Waals surface area contributed by atoms with E-state index in [4.69, 9.17) is 4.74 Å². The molecule has 1 aliphatic rings. The van der Waals surface area contributed by atoms with Crippen LogP contribution >= 0.6 is 0 Å². The Hall–Kier alpha value is -0.980. The van der Waals surface area contributed by atoms with E-state index in [1.54, 1.807) is 12.1 Å². The lowest BCUT2D eigenvalue weighted by molar-refractivity contribution is 0.0745. The zero-order chi connectivity index (χ0) is 16.2. The Kier molecular flexibility index (Phi) is 5.58. The second-order valence-corrected chi connectivity index (χ2v) is 8.56. The molecule has 4 nitrogen and oxygen atoms in total. The van der Waals surface area contributed by atoms with Crippen LogP contribution in [-0.2, 0) is 14.6 Å². The molecule has 6 heteroatoms. The largest absolute Gasteiger partial charge is 0.381 e. The molecule has 2 rings (SSSR count). The molecule has 0 unspecified atom stereocenters. The molecule has 1 N–H and O–H groups in total. The van der Waals surface area contributed by atoms with Gasteiger partial charge in [0.15, 0.2) is 9.84 Å². The molecule has 1 fully saturated rings. The molecule has 124 valence electrons. The summed E-state index contributed by atoms with van der Waals surface area (Å²) in [6.07, 6.45) is 2.37.